The van der Waals surface area contributed by atoms with E-state index in [1.54, 1.807) is 26.3 Å². The van der Waals surface area contributed by atoms with Gasteiger partial charge < -0.3 is 19.3 Å². The lowest BCUT2D eigenvalue weighted by atomic mass is 10.2. The molecule has 1 aromatic heterocycles. The van der Waals surface area contributed by atoms with E-state index in [1.165, 1.54) is 5.69 Å². The lowest BCUT2D eigenvalue weighted by Gasteiger charge is -2.36. The smallest absolute Gasteiger partial charge is 0.339 e. The average molecular weight is 341 g/mol. The molecule has 132 valence electrons. The number of hydrogen-bond acceptors (Lipinski definition) is 6. The van der Waals surface area contributed by atoms with Gasteiger partial charge in [-0.2, -0.15) is 0 Å². The molecule has 2 aromatic rings. The molecule has 0 radical (unpaired) electrons. The van der Waals surface area contributed by atoms with E-state index < -0.39 is 0 Å². The molecule has 1 aliphatic rings. The lowest BCUT2D eigenvalue weighted by molar-refractivity contribution is 0.0526. The number of anilines is 2. The first-order chi connectivity index (χ1) is 12.2. The summed E-state index contributed by atoms with van der Waals surface area (Å²) in [7, 11) is 1.67. The van der Waals surface area contributed by atoms with Crippen LogP contribution in [0, 0.1) is 0 Å². The van der Waals surface area contributed by atoms with E-state index in [4.69, 9.17) is 9.47 Å². The summed E-state index contributed by atoms with van der Waals surface area (Å²) in [5.41, 5.74) is 1.69. The van der Waals surface area contributed by atoms with E-state index in [0.29, 0.717) is 12.2 Å². The summed E-state index contributed by atoms with van der Waals surface area (Å²) in [6, 6.07) is 11.8. The molecule has 25 heavy (non-hydrogen) atoms. The Hall–Kier alpha value is -2.76. The Labute approximate surface area is 148 Å². The van der Waals surface area contributed by atoms with Crippen molar-refractivity contribution in [3.8, 4) is 5.75 Å². The summed E-state index contributed by atoms with van der Waals surface area (Å²) in [5, 5.41) is 0. The number of piperazine rings is 1. The highest BCUT2D eigenvalue weighted by atomic mass is 16.5. The first-order valence-electron chi connectivity index (χ1n) is 8.48. The van der Waals surface area contributed by atoms with E-state index in [9.17, 15) is 4.79 Å². The van der Waals surface area contributed by atoms with Crippen molar-refractivity contribution in [2.75, 3.05) is 49.7 Å². The number of esters is 1. The van der Waals surface area contributed by atoms with Gasteiger partial charge in [0, 0.05) is 38.1 Å². The number of ether oxygens (including phenoxy) is 2. The van der Waals surface area contributed by atoms with E-state index in [0.717, 1.165) is 37.7 Å². The van der Waals surface area contributed by atoms with Crippen LogP contribution in [0.2, 0.25) is 0 Å². The van der Waals surface area contributed by atoms with Gasteiger partial charge in [0.1, 0.15) is 11.6 Å². The van der Waals surface area contributed by atoms with Gasteiger partial charge in [0.2, 0.25) is 0 Å². The number of nitrogens with zero attached hydrogens (tertiary/aromatic N) is 3. The van der Waals surface area contributed by atoms with Crippen LogP contribution in [-0.2, 0) is 4.74 Å². The molecule has 0 aliphatic carbocycles. The zero-order chi connectivity index (χ0) is 17.6. The number of carbonyl (C=O) groups excluding carboxylic acids is 1. The molecule has 3 rings (SSSR count). The van der Waals surface area contributed by atoms with Crippen LogP contribution in [0.5, 0.6) is 5.75 Å². The highest BCUT2D eigenvalue weighted by Gasteiger charge is 2.19. The molecule has 0 unspecified atom stereocenters. The number of benzene rings is 1. The second kappa shape index (κ2) is 7.88. The predicted molar refractivity (Wildman–Crippen MR) is 97.6 cm³/mol. The fourth-order valence-corrected chi connectivity index (χ4v) is 2.90. The topological polar surface area (TPSA) is 54.9 Å². The molecule has 1 fully saturated rings. The number of rotatable bonds is 5. The third-order valence-electron chi connectivity index (χ3n) is 4.30. The Balaban J connectivity index is 1.59. The molecule has 0 N–H and O–H groups in total. The number of methoxy groups -OCH3 is 1. The molecular weight excluding hydrogens is 318 g/mol. The number of aromatic nitrogens is 1. The van der Waals surface area contributed by atoms with Crippen molar-refractivity contribution in [3.05, 3.63) is 48.2 Å². The second-order valence-corrected chi connectivity index (χ2v) is 5.80. The minimum atomic E-state index is -0.328. The largest absolute Gasteiger partial charge is 0.497 e. The molecule has 0 atom stereocenters. The fourth-order valence-electron chi connectivity index (χ4n) is 2.90. The van der Waals surface area contributed by atoms with Crippen LogP contribution >= 0.6 is 0 Å². The monoisotopic (exact) mass is 341 g/mol. The minimum absolute atomic E-state index is 0.328. The summed E-state index contributed by atoms with van der Waals surface area (Å²) in [6.45, 7) is 5.78. The van der Waals surface area contributed by atoms with Gasteiger partial charge in [-0.1, -0.05) is 0 Å². The summed E-state index contributed by atoms with van der Waals surface area (Å²) in [4.78, 5) is 20.7. The Bertz CT molecular complexity index is 693. The predicted octanol–water partition coefficient (Wildman–Crippen LogP) is 2.59. The highest BCUT2D eigenvalue weighted by Crippen LogP contribution is 2.22. The van der Waals surface area contributed by atoms with Crippen molar-refractivity contribution in [1.82, 2.24) is 4.98 Å². The summed E-state index contributed by atoms with van der Waals surface area (Å²) in [5.74, 6) is 1.43. The zero-order valence-corrected chi connectivity index (χ0v) is 14.6. The number of pyridine rings is 1. The third-order valence-corrected chi connectivity index (χ3v) is 4.30. The minimum Gasteiger partial charge on any atom is -0.497 e. The SMILES string of the molecule is CCOC(=O)c1ccc(N2CCN(c3ccc(OC)cc3)CC2)nc1. The Morgan fingerprint density at radius 3 is 2.28 bits per heavy atom. The number of hydrogen-bond donors (Lipinski definition) is 0. The van der Waals surface area contributed by atoms with Gasteiger partial charge in [-0.05, 0) is 43.3 Å². The van der Waals surface area contributed by atoms with Gasteiger partial charge in [0.25, 0.3) is 0 Å². The van der Waals surface area contributed by atoms with Crippen LogP contribution in [-0.4, -0.2) is 50.8 Å². The Kier molecular flexibility index (Phi) is 5.38. The second-order valence-electron chi connectivity index (χ2n) is 5.80. The van der Waals surface area contributed by atoms with Crippen LogP contribution in [0.1, 0.15) is 17.3 Å². The van der Waals surface area contributed by atoms with Crippen molar-refractivity contribution >= 4 is 17.5 Å². The molecule has 1 aliphatic heterocycles. The maximum atomic E-state index is 11.7. The maximum Gasteiger partial charge on any atom is 0.339 e. The zero-order valence-electron chi connectivity index (χ0n) is 14.6. The van der Waals surface area contributed by atoms with Crippen LogP contribution < -0.4 is 14.5 Å². The summed E-state index contributed by atoms with van der Waals surface area (Å²) >= 11 is 0. The summed E-state index contributed by atoms with van der Waals surface area (Å²) in [6.07, 6.45) is 1.59. The van der Waals surface area contributed by atoms with Crippen LogP contribution in [0.3, 0.4) is 0 Å². The van der Waals surface area contributed by atoms with Crippen molar-refractivity contribution in [1.29, 1.82) is 0 Å². The molecule has 2 heterocycles. The molecule has 0 bridgehead atoms. The van der Waals surface area contributed by atoms with Gasteiger partial charge in [0.15, 0.2) is 0 Å². The average Bonchev–Trinajstić information content (AvgIpc) is 2.68. The van der Waals surface area contributed by atoms with Gasteiger partial charge in [-0.3, -0.25) is 0 Å². The quantitative estimate of drug-likeness (QED) is 0.779. The van der Waals surface area contributed by atoms with E-state index >= 15 is 0 Å². The Morgan fingerprint density at radius 2 is 1.72 bits per heavy atom. The van der Waals surface area contributed by atoms with Crippen LogP contribution in [0.15, 0.2) is 42.6 Å². The number of carbonyl (C=O) groups is 1. The maximum absolute atomic E-state index is 11.7. The first kappa shape index (κ1) is 17.1. The van der Waals surface area contributed by atoms with Gasteiger partial charge in [-0.15, -0.1) is 0 Å². The normalized spacial score (nSPS) is 14.3. The van der Waals surface area contributed by atoms with E-state index in [-0.39, 0.29) is 5.97 Å². The third kappa shape index (κ3) is 4.02. The molecule has 0 spiro atoms. The molecule has 0 amide bonds. The first-order valence-corrected chi connectivity index (χ1v) is 8.48. The van der Waals surface area contributed by atoms with Crippen molar-refractivity contribution in [2.24, 2.45) is 0 Å². The lowest BCUT2D eigenvalue weighted by Crippen LogP contribution is -2.46. The Morgan fingerprint density at radius 1 is 1.04 bits per heavy atom. The standard InChI is InChI=1S/C19H23N3O3/c1-3-25-19(23)15-4-9-18(20-14-15)22-12-10-21(11-13-22)16-5-7-17(24-2)8-6-16/h4-9,14H,3,10-13H2,1-2H3. The summed E-state index contributed by atoms with van der Waals surface area (Å²) < 4.78 is 10.2. The molecule has 1 aromatic carbocycles. The van der Waals surface area contributed by atoms with E-state index in [1.807, 2.05) is 18.2 Å². The molecule has 6 heteroatoms. The van der Waals surface area contributed by atoms with Crippen molar-refractivity contribution in [3.63, 3.8) is 0 Å². The van der Waals surface area contributed by atoms with Gasteiger partial charge in [0.05, 0.1) is 19.3 Å². The van der Waals surface area contributed by atoms with Crippen LogP contribution in [0.25, 0.3) is 0 Å². The van der Waals surface area contributed by atoms with Crippen molar-refractivity contribution < 1.29 is 14.3 Å². The molecule has 0 saturated carbocycles. The van der Waals surface area contributed by atoms with Gasteiger partial charge in [-0.25, -0.2) is 9.78 Å². The van der Waals surface area contributed by atoms with Crippen molar-refractivity contribution in [2.45, 2.75) is 6.92 Å². The molecule has 6 nitrogen and oxygen atoms in total. The fraction of sp³-hybridized carbons (Fsp3) is 0.368. The van der Waals surface area contributed by atoms with E-state index in [2.05, 4.69) is 26.9 Å². The molecular formula is C19H23N3O3. The van der Waals surface area contributed by atoms with Crippen LogP contribution in [0.4, 0.5) is 11.5 Å². The molecule has 1 saturated heterocycles. The van der Waals surface area contributed by atoms with Gasteiger partial charge >= 0.3 is 5.97 Å². The highest BCUT2D eigenvalue weighted by molar-refractivity contribution is 5.89.